The predicted octanol–water partition coefficient (Wildman–Crippen LogP) is 2.58. The van der Waals surface area contributed by atoms with Gasteiger partial charge in [0.2, 0.25) is 0 Å². The van der Waals surface area contributed by atoms with E-state index in [0.717, 1.165) is 0 Å². The van der Waals surface area contributed by atoms with Gasteiger partial charge in [-0.05, 0) is 36.4 Å². The first kappa shape index (κ1) is 16.6. The number of methoxy groups -OCH3 is 1. The predicted molar refractivity (Wildman–Crippen MR) is 87.3 cm³/mol. The van der Waals surface area contributed by atoms with Crippen LogP contribution < -0.4 is 14.9 Å². The lowest BCUT2D eigenvalue weighted by atomic mass is 10.2. The molecule has 2 aromatic carbocycles. The molecule has 0 aliphatic carbocycles. The number of carbonyl (C=O) groups is 1. The highest BCUT2D eigenvalue weighted by molar-refractivity contribution is 6.30. The standard InChI is InChI=1S/C16H15ClN2O4/c1-22-14-4-2-3-11(16(14)21)9-18-19-15(20)10-23-13-7-5-12(17)6-8-13/h2-9,21H,10H2,1H3,(H,19,20)/b18-9-. The summed E-state index contributed by atoms with van der Waals surface area (Å²) in [5.41, 5.74) is 2.72. The molecule has 0 saturated carbocycles. The summed E-state index contributed by atoms with van der Waals surface area (Å²) in [7, 11) is 1.45. The molecule has 0 atom stereocenters. The molecule has 0 bridgehead atoms. The van der Waals surface area contributed by atoms with Gasteiger partial charge < -0.3 is 14.6 Å². The SMILES string of the molecule is COc1cccc(/C=N\NC(=O)COc2ccc(Cl)cc2)c1O. The molecule has 0 heterocycles. The van der Waals surface area contributed by atoms with Crippen LogP contribution in [0.3, 0.4) is 0 Å². The second kappa shape index (κ2) is 8.05. The number of aromatic hydroxyl groups is 1. The number of halogens is 1. The number of hydrogen-bond donors (Lipinski definition) is 2. The topological polar surface area (TPSA) is 80.2 Å². The van der Waals surface area contributed by atoms with Gasteiger partial charge in [0.15, 0.2) is 18.1 Å². The Bertz CT molecular complexity index is 702. The van der Waals surface area contributed by atoms with Crippen LogP contribution >= 0.6 is 11.6 Å². The van der Waals surface area contributed by atoms with Crippen LogP contribution in [0.1, 0.15) is 5.56 Å². The number of phenols is 1. The molecule has 0 fully saturated rings. The Morgan fingerprint density at radius 1 is 1.30 bits per heavy atom. The van der Waals surface area contributed by atoms with Crippen molar-refractivity contribution in [1.82, 2.24) is 5.43 Å². The minimum absolute atomic E-state index is 0.0505. The average molecular weight is 335 g/mol. The fourth-order valence-corrected chi connectivity index (χ4v) is 1.82. The van der Waals surface area contributed by atoms with Gasteiger partial charge in [-0.2, -0.15) is 5.10 Å². The first-order chi connectivity index (χ1) is 11.1. The maximum absolute atomic E-state index is 11.6. The molecule has 0 aliphatic heterocycles. The number of phenolic OH excluding ortho intramolecular Hbond substituents is 1. The van der Waals surface area contributed by atoms with Crippen LogP contribution in [0.25, 0.3) is 0 Å². The van der Waals surface area contributed by atoms with E-state index in [-0.39, 0.29) is 12.4 Å². The maximum atomic E-state index is 11.6. The van der Waals surface area contributed by atoms with Gasteiger partial charge in [-0.25, -0.2) is 5.43 Å². The summed E-state index contributed by atoms with van der Waals surface area (Å²) in [6.07, 6.45) is 1.32. The third-order valence-electron chi connectivity index (χ3n) is 2.83. The zero-order chi connectivity index (χ0) is 16.7. The van der Waals surface area contributed by atoms with Gasteiger partial charge in [0, 0.05) is 10.6 Å². The summed E-state index contributed by atoms with van der Waals surface area (Å²) in [6, 6.07) is 11.6. The van der Waals surface area contributed by atoms with Gasteiger partial charge in [0.05, 0.1) is 13.3 Å². The minimum atomic E-state index is -0.432. The van der Waals surface area contributed by atoms with Crippen LogP contribution in [0.15, 0.2) is 47.6 Å². The largest absolute Gasteiger partial charge is 0.504 e. The number of hydrazone groups is 1. The smallest absolute Gasteiger partial charge is 0.277 e. The lowest BCUT2D eigenvalue weighted by Crippen LogP contribution is -2.24. The van der Waals surface area contributed by atoms with E-state index in [2.05, 4.69) is 10.5 Å². The number of para-hydroxylation sites is 1. The Balaban J connectivity index is 1.85. The highest BCUT2D eigenvalue weighted by Gasteiger charge is 2.05. The quantitative estimate of drug-likeness (QED) is 0.628. The minimum Gasteiger partial charge on any atom is -0.504 e. The van der Waals surface area contributed by atoms with Gasteiger partial charge in [-0.15, -0.1) is 0 Å². The summed E-state index contributed by atoms with van der Waals surface area (Å²) >= 11 is 5.75. The number of amides is 1. The van der Waals surface area contributed by atoms with E-state index < -0.39 is 5.91 Å². The van der Waals surface area contributed by atoms with Crippen molar-refractivity contribution in [3.63, 3.8) is 0 Å². The van der Waals surface area contributed by atoms with Crippen molar-refractivity contribution in [2.75, 3.05) is 13.7 Å². The summed E-state index contributed by atoms with van der Waals surface area (Å²) in [4.78, 5) is 11.6. The Morgan fingerprint density at radius 3 is 2.74 bits per heavy atom. The van der Waals surface area contributed by atoms with E-state index >= 15 is 0 Å². The van der Waals surface area contributed by atoms with Crippen LogP contribution in [0.4, 0.5) is 0 Å². The fraction of sp³-hybridized carbons (Fsp3) is 0.125. The van der Waals surface area contributed by atoms with Gasteiger partial charge in [0.25, 0.3) is 5.91 Å². The van der Waals surface area contributed by atoms with Crippen molar-refractivity contribution >= 4 is 23.7 Å². The van der Waals surface area contributed by atoms with Gasteiger partial charge >= 0.3 is 0 Å². The Kier molecular flexibility index (Phi) is 5.82. The highest BCUT2D eigenvalue weighted by Crippen LogP contribution is 2.27. The number of rotatable bonds is 6. The molecule has 2 aromatic rings. The van der Waals surface area contributed by atoms with E-state index in [1.807, 2.05) is 0 Å². The molecule has 120 valence electrons. The highest BCUT2D eigenvalue weighted by atomic mass is 35.5. The number of benzene rings is 2. The molecule has 0 aromatic heterocycles. The van der Waals surface area contributed by atoms with Crippen LogP contribution in [0, 0.1) is 0 Å². The van der Waals surface area contributed by atoms with Gasteiger partial charge in [-0.1, -0.05) is 17.7 Å². The third kappa shape index (κ3) is 4.89. The second-order valence-corrected chi connectivity index (χ2v) is 4.87. The molecule has 0 spiro atoms. The van der Waals surface area contributed by atoms with Gasteiger partial charge in [-0.3, -0.25) is 4.79 Å². The third-order valence-corrected chi connectivity index (χ3v) is 3.08. The van der Waals surface area contributed by atoms with Crippen molar-refractivity contribution in [1.29, 1.82) is 0 Å². The van der Waals surface area contributed by atoms with Crippen LogP contribution in [0.5, 0.6) is 17.2 Å². The molecular weight excluding hydrogens is 320 g/mol. The molecule has 0 saturated heterocycles. The van der Waals surface area contributed by atoms with Gasteiger partial charge in [0.1, 0.15) is 5.75 Å². The first-order valence-electron chi connectivity index (χ1n) is 6.66. The van der Waals surface area contributed by atoms with Crippen molar-refractivity contribution in [2.45, 2.75) is 0 Å². The van der Waals surface area contributed by atoms with Crippen molar-refractivity contribution < 1.29 is 19.4 Å². The van der Waals surface area contributed by atoms with E-state index in [4.69, 9.17) is 21.1 Å². The molecule has 6 nitrogen and oxygen atoms in total. The summed E-state index contributed by atoms with van der Waals surface area (Å²) in [5, 5.41) is 14.2. The molecule has 2 N–H and O–H groups in total. The van der Waals surface area contributed by atoms with E-state index in [1.54, 1.807) is 42.5 Å². The number of nitrogens with zero attached hydrogens (tertiary/aromatic N) is 1. The molecule has 0 aliphatic rings. The fourth-order valence-electron chi connectivity index (χ4n) is 1.69. The van der Waals surface area contributed by atoms with Crippen LogP contribution in [0.2, 0.25) is 5.02 Å². The Labute approximate surface area is 138 Å². The van der Waals surface area contributed by atoms with Crippen molar-refractivity contribution in [3.8, 4) is 17.2 Å². The number of ether oxygens (including phenoxy) is 2. The molecule has 1 amide bonds. The molecule has 23 heavy (non-hydrogen) atoms. The zero-order valence-electron chi connectivity index (χ0n) is 12.3. The van der Waals surface area contributed by atoms with E-state index in [1.165, 1.54) is 13.3 Å². The van der Waals surface area contributed by atoms with Crippen LogP contribution in [-0.4, -0.2) is 30.9 Å². The summed E-state index contributed by atoms with van der Waals surface area (Å²) < 4.78 is 10.3. The normalized spacial score (nSPS) is 10.5. The summed E-state index contributed by atoms with van der Waals surface area (Å²) in [6.45, 7) is -0.191. The Hall–Kier alpha value is -2.73. The van der Waals surface area contributed by atoms with E-state index in [0.29, 0.717) is 22.1 Å². The number of hydrogen-bond acceptors (Lipinski definition) is 5. The monoisotopic (exact) mass is 334 g/mol. The zero-order valence-corrected chi connectivity index (χ0v) is 13.1. The maximum Gasteiger partial charge on any atom is 0.277 e. The number of nitrogens with one attached hydrogen (secondary N) is 1. The molecule has 7 heteroatoms. The number of carbonyl (C=O) groups excluding carboxylic acids is 1. The molecule has 2 rings (SSSR count). The second-order valence-electron chi connectivity index (χ2n) is 4.43. The lowest BCUT2D eigenvalue weighted by molar-refractivity contribution is -0.123. The van der Waals surface area contributed by atoms with Crippen LogP contribution in [-0.2, 0) is 4.79 Å². The molecule has 0 unspecified atom stereocenters. The molecular formula is C16H15ClN2O4. The van der Waals surface area contributed by atoms with E-state index in [9.17, 15) is 9.90 Å². The molecule has 0 radical (unpaired) electrons. The summed E-state index contributed by atoms with van der Waals surface area (Å²) in [5.74, 6) is 0.370. The van der Waals surface area contributed by atoms with Crippen molar-refractivity contribution in [2.24, 2.45) is 5.10 Å². The average Bonchev–Trinajstić information content (AvgIpc) is 2.56. The Morgan fingerprint density at radius 2 is 2.04 bits per heavy atom. The first-order valence-corrected chi connectivity index (χ1v) is 7.04. The van der Waals surface area contributed by atoms with Crippen molar-refractivity contribution in [3.05, 3.63) is 53.1 Å². The lowest BCUT2D eigenvalue weighted by Gasteiger charge is -2.06.